The van der Waals surface area contributed by atoms with Crippen molar-refractivity contribution in [3.8, 4) is 0 Å². The predicted octanol–water partition coefficient (Wildman–Crippen LogP) is -7.32. The summed E-state index contributed by atoms with van der Waals surface area (Å²) >= 11 is 0. The SMILES string of the molecule is CN(CC(=O)OP(=O)(O)O)C(=N)N.[H-].[H-].[Na+].[Na+]. The van der Waals surface area contributed by atoms with Crippen LogP contribution in [0.5, 0.6) is 0 Å². The minimum atomic E-state index is -4.80. The van der Waals surface area contributed by atoms with Crippen LogP contribution in [0.4, 0.5) is 0 Å². The third kappa shape index (κ3) is 12.8. The second kappa shape index (κ2) is 8.98. The Morgan fingerprint density at radius 2 is 2.00 bits per heavy atom. The molecule has 0 fully saturated rings. The van der Waals surface area contributed by atoms with Gasteiger partial charge in [0.25, 0.3) is 0 Å². The van der Waals surface area contributed by atoms with E-state index in [1.807, 2.05) is 0 Å². The van der Waals surface area contributed by atoms with E-state index in [4.69, 9.17) is 20.9 Å². The van der Waals surface area contributed by atoms with Gasteiger partial charge in [0, 0.05) is 7.05 Å². The van der Waals surface area contributed by atoms with Crippen LogP contribution in [0.3, 0.4) is 0 Å². The molecule has 0 aliphatic rings. The number of nitrogens with two attached hydrogens (primary N) is 1. The molecule has 0 heterocycles. The van der Waals surface area contributed by atoms with E-state index >= 15 is 0 Å². The van der Waals surface area contributed by atoms with Crippen molar-refractivity contribution in [3.05, 3.63) is 0 Å². The van der Waals surface area contributed by atoms with Gasteiger partial charge in [-0.15, -0.1) is 0 Å². The van der Waals surface area contributed by atoms with Gasteiger partial charge < -0.3 is 18.0 Å². The number of likely N-dealkylation sites (N-methyl/N-ethyl adjacent to an activating group) is 1. The normalized spacial score (nSPS) is 9.27. The van der Waals surface area contributed by atoms with Gasteiger partial charge in [-0.05, 0) is 0 Å². The van der Waals surface area contributed by atoms with Crippen LogP contribution in [0.2, 0.25) is 0 Å². The number of nitrogens with zero attached hydrogens (tertiary/aromatic N) is 1. The molecule has 0 aromatic carbocycles. The summed E-state index contributed by atoms with van der Waals surface area (Å²) < 4.78 is 13.8. The van der Waals surface area contributed by atoms with Gasteiger partial charge in [0.05, 0.1) is 0 Å². The van der Waals surface area contributed by atoms with Crippen molar-refractivity contribution in [2.45, 2.75) is 0 Å². The maximum atomic E-state index is 10.7. The summed E-state index contributed by atoms with van der Waals surface area (Å²) in [5.41, 5.74) is 4.96. The van der Waals surface area contributed by atoms with Gasteiger partial charge in [0.2, 0.25) is 0 Å². The number of carbonyl (C=O) groups is 1. The average Bonchev–Trinajstić information content (AvgIpc) is 1.81. The molecule has 5 N–H and O–H groups in total. The molecular formula is C4H12N3Na2O5P. The predicted molar refractivity (Wildman–Crippen MR) is 44.9 cm³/mol. The van der Waals surface area contributed by atoms with E-state index in [2.05, 4.69) is 4.52 Å². The molecule has 15 heavy (non-hydrogen) atoms. The first-order valence-electron chi connectivity index (χ1n) is 3.05. The Balaban J connectivity index is -0.000000120. The third-order valence-electron chi connectivity index (χ3n) is 0.998. The number of rotatable bonds is 3. The van der Waals surface area contributed by atoms with Crippen LogP contribution in [0.1, 0.15) is 2.85 Å². The second-order valence-electron chi connectivity index (χ2n) is 2.20. The molecule has 0 aromatic rings. The molecule has 8 nitrogen and oxygen atoms in total. The van der Waals surface area contributed by atoms with Crippen LogP contribution in [0.15, 0.2) is 0 Å². The second-order valence-corrected chi connectivity index (χ2v) is 3.36. The van der Waals surface area contributed by atoms with E-state index in [0.29, 0.717) is 0 Å². The Morgan fingerprint density at radius 1 is 1.60 bits per heavy atom. The molecule has 0 aliphatic heterocycles. The zero-order chi connectivity index (χ0) is 10.6. The smallest absolute Gasteiger partial charge is 1.00 e. The summed E-state index contributed by atoms with van der Waals surface area (Å²) in [6, 6.07) is 0. The first kappa shape index (κ1) is 21.2. The van der Waals surface area contributed by atoms with E-state index in [1.165, 1.54) is 7.05 Å². The van der Waals surface area contributed by atoms with E-state index in [9.17, 15) is 9.36 Å². The summed E-state index contributed by atoms with van der Waals surface area (Å²) in [6.45, 7) is -0.486. The molecule has 11 heteroatoms. The zero-order valence-electron chi connectivity index (χ0n) is 10.8. The standard InChI is InChI=1S/C4H10N3O5P.2Na.2H/c1-7(4(5)6)2-3(8)12-13(9,10)11;;;;/h2H2,1H3,(H3,5,6)(H2,9,10,11);;;;/q;2*+1;2*-1. The van der Waals surface area contributed by atoms with Crippen LogP contribution < -0.4 is 64.8 Å². The molecular weight excluding hydrogens is 247 g/mol. The van der Waals surface area contributed by atoms with E-state index in [-0.39, 0.29) is 62.0 Å². The fourth-order valence-electron chi connectivity index (χ4n) is 0.440. The van der Waals surface area contributed by atoms with Crippen molar-refractivity contribution >= 4 is 19.8 Å². The van der Waals surface area contributed by atoms with Gasteiger partial charge in [0.15, 0.2) is 5.96 Å². The number of hydrogen-bond acceptors (Lipinski definition) is 4. The fraction of sp³-hybridized carbons (Fsp3) is 0.500. The number of phosphoric ester groups is 1. The molecule has 0 unspecified atom stereocenters. The van der Waals surface area contributed by atoms with Crippen molar-refractivity contribution in [1.82, 2.24) is 4.90 Å². The summed E-state index contributed by atoms with van der Waals surface area (Å²) in [5.74, 6) is -1.55. The molecule has 0 amide bonds. The Labute approximate surface area is 134 Å². The molecule has 0 aromatic heterocycles. The fourth-order valence-corrected chi connectivity index (χ4v) is 0.763. The van der Waals surface area contributed by atoms with Crippen LogP contribution in [0, 0.1) is 5.41 Å². The maximum Gasteiger partial charge on any atom is 1.00 e. The molecule has 0 saturated carbocycles. The number of nitrogens with one attached hydrogen (secondary N) is 1. The minimum absolute atomic E-state index is 0. The quantitative estimate of drug-likeness (QED) is 0.171. The molecule has 0 rings (SSSR count). The van der Waals surface area contributed by atoms with Gasteiger partial charge >= 0.3 is 72.9 Å². The van der Waals surface area contributed by atoms with Gasteiger partial charge in [-0.2, -0.15) is 0 Å². The zero-order valence-corrected chi connectivity index (χ0v) is 13.7. The van der Waals surface area contributed by atoms with Gasteiger partial charge in [0.1, 0.15) is 6.54 Å². The molecule has 0 spiro atoms. The minimum Gasteiger partial charge on any atom is -1.00 e. The van der Waals surface area contributed by atoms with Crippen molar-refractivity contribution in [2.24, 2.45) is 5.73 Å². The van der Waals surface area contributed by atoms with Crippen molar-refractivity contribution in [2.75, 3.05) is 13.6 Å². The number of carbonyl (C=O) groups excluding carboxylic acids is 1. The van der Waals surface area contributed by atoms with E-state index < -0.39 is 26.3 Å². The Morgan fingerprint density at radius 3 is 2.27 bits per heavy atom. The van der Waals surface area contributed by atoms with E-state index in [1.54, 1.807) is 0 Å². The monoisotopic (exact) mass is 259 g/mol. The first-order chi connectivity index (χ1) is 5.72. The summed E-state index contributed by atoms with van der Waals surface area (Å²) in [6.07, 6.45) is 0. The first-order valence-corrected chi connectivity index (χ1v) is 4.58. The molecule has 80 valence electrons. The van der Waals surface area contributed by atoms with Crippen molar-refractivity contribution < 1.29 is 85.6 Å². The van der Waals surface area contributed by atoms with Gasteiger partial charge in [-0.25, -0.2) is 9.36 Å². The Kier molecular flexibility index (Phi) is 12.7. The number of phosphoric acid groups is 1. The van der Waals surface area contributed by atoms with Crippen LogP contribution in [-0.2, 0) is 13.9 Å². The van der Waals surface area contributed by atoms with Crippen LogP contribution in [0.25, 0.3) is 0 Å². The molecule has 0 radical (unpaired) electrons. The Bertz CT molecular complexity index is 278. The van der Waals surface area contributed by atoms with Gasteiger partial charge in [-0.3, -0.25) is 15.2 Å². The van der Waals surface area contributed by atoms with Crippen LogP contribution >= 0.6 is 7.82 Å². The van der Waals surface area contributed by atoms with Crippen LogP contribution in [-0.4, -0.2) is 40.2 Å². The summed E-state index contributed by atoms with van der Waals surface area (Å²) in [5, 5.41) is 6.83. The summed E-state index contributed by atoms with van der Waals surface area (Å²) in [4.78, 5) is 28.0. The molecule has 0 atom stereocenters. The number of guanidine groups is 1. The molecule has 0 bridgehead atoms. The molecule has 0 saturated heterocycles. The largest absolute Gasteiger partial charge is 1.00 e. The van der Waals surface area contributed by atoms with Crippen molar-refractivity contribution in [1.29, 1.82) is 5.41 Å². The summed E-state index contributed by atoms with van der Waals surface area (Å²) in [7, 11) is -3.49. The maximum absolute atomic E-state index is 10.7. The number of hydrogen-bond donors (Lipinski definition) is 4. The third-order valence-corrected chi connectivity index (χ3v) is 1.44. The average molecular weight is 259 g/mol. The topological polar surface area (TPSA) is 137 Å². The van der Waals surface area contributed by atoms with Crippen molar-refractivity contribution in [3.63, 3.8) is 0 Å². The van der Waals surface area contributed by atoms with E-state index in [0.717, 1.165) is 4.90 Å². The molecule has 0 aliphatic carbocycles. The Hall–Kier alpha value is 0.890. The van der Waals surface area contributed by atoms with Gasteiger partial charge in [-0.1, -0.05) is 0 Å².